The zero-order chi connectivity index (χ0) is 12.3. The van der Waals surface area contributed by atoms with Crippen LogP contribution in [0.5, 0.6) is 0 Å². The molecule has 0 saturated carbocycles. The van der Waals surface area contributed by atoms with Crippen molar-refractivity contribution in [1.82, 2.24) is 9.29 Å². The maximum Gasteiger partial charge on any atom is 0.215 e. The van der Waals surface area contributed by atoms with Gasteiger partial charge in [-0.25, -0.2) is 13.5 Å². The zero-order valence-corrected chi connectivity index (χ0v) is 10.6. The summed E-state index contributed by atoms with van der Waals surface area (Å²) in [6.45, 7) is 1.17. The first-order chi connectivity index (χ1) is 8.14. The van der Waals surface area contributed by atoms with Crippen LogP contribution in [-0.2, 0) is 16.5 Å². The Kier molecular flexibility index (Phi) is 3.62. The molecule has 1 atom stereocenters. The minimum atomic E-state index is -2.52. The molecule has 2 heterocycles. The van der Waals surface area contributed by atoms with E-state index in [1.165, 1.54) is 0 Å². The lowest BCUT2D eigenvalue weighted by molar-refractivity contribution is 0.465. The molecule has 1 saturated heterocycles. The summed E-state index contributed by atoms with van der Waals surface area (Å²) >= 11 is 5.69. The number of halogens is 1. The fourth-order valence-corrected chi connectivity index (χ4v) is 3.73. The molecule has 0 spiro atoms. The number of hydrogen-bond acceptors (Lipinski definition) is 4. The first-order valence-electron chi connectivity index (χ1n) is 5.12. The van der Waals surface area contributed by atoms with Crippen LogP contribution in [0.1, 0.15) is 12.0 Å². The minimum Gasteiger partial charge on any atom is -0.244 e. The molecule has 0 bridgehead atoms. The van der Waals surface area contributed by atoms with Gasteiger partial charge in [0, 0.05) is 25.0 Å². The lowest BCUT2D eigenvalue weighted by Gasteiger charge is -2.16. The summed E-state index contributed by atoms with van der Waals surface area (Å²) in [5, 5.41) is 8.99. The van der Waals surface area contributed by atoms with Crippen LogP contribution in [0.3, 0.4) is 0 Å². The number of hydrogen-bond donors (Lipinski definition) is 0. The number of nitrogens with zero attached hydrogens (tertiary/aromatic N) is 4. The molecule has 0 N–H and O–H groups in total. The van der Waals surface area contributed by atoms with E-state index in [0.717, 1.165) is 12.0 Å². The predicted octanol–water partition coefficient (Wildman–Crippen LogP) is 1.80. The van der Waals surface area contributed by atoms with Crippen LogP contribution in [0, 0.1) is 11.5 Å². The summed E-state index contributed by atoms with van der Waals surface area (Å²) in [5.74, 6) is 0.460. The SMILES string of the molecule is N#CN=S1(=O)CCCN1Cc1ccc(Cl)nc1. The molecular weight excluding hydrogens is 260 g/mol. The van der Waals surface area contributed by atoms with Gasteiger partial charge in [-0.15, -0.1) is 4.36 Å². The molecule has 1 unspecified atom stereocenters. The van der Waals surface area contributed by atoms with Crippen molar-refractivity contribution in [3.05, 3.63) is 29.0 Å². The molecule has 0 radical (unpaired) electrons. The highest BCUT2D eigenvalue weighted by molar-refractivity contribution is 7.91. The van der Waals surface area contributed by atoms with Gasteiger partial charge in [0.1, 0.15) is 15.1 Å². The van der Waals surface area contributed by atoms with Crippen LogP contribution in [0.2, 0.25) is 5.15 Å². The Morgan fingerprint density at radius 3 is 3.12 bits per heavy atom. The lowest BCUT2D eigenvalue weighted by atomic mass is 10.3. The van der Waals surface area contributed by atoms with Crippen molar-refractivity contribution in [1.29, 1.82) is 5.26 Å². The average molecular weight is 271 g/mol. The van der Waals surface area contributed by atoms with E-state index in [4.69, 9.17) is 16.9 Å². The maximum absolute atomic E-state index is 12.3. The monoisotopic (exact) mass is 270 g/mol. The van der Waals surface area contributed by atoms with Gasteiger partial charge in [0.15, 0.2) is 0 Å². The van der Waals surface area contributed by atoms with Crippen LogP contribution < -0.4 is 0 Å². The van der Waals surface area contributed by atoms with Gasteiger partial charge in [-0.1, -0.05) is 17.7 Å². The third kappa shape index (κ3) is 2.75. The van der Waals surface area contributed by atoms with Gasteiger partial charge in [0.25, 0.3) is 0 Å². The molecule has 2 rings (SSSR count). The third-order valence-corrected chi connectivity index (χ3v) is 5.08. The van der Waals surface area contributed by atoms with Gasteiger partial charge in [-0.05, 0) is 18.1 Å². The highest BCUT2D eigenvalue weighted by atomic mass is 35.5. The first kappa shape index (κ1) is 12.3. The minimum absolute atomic E-state index is 0.428. The molecule has 1 aromatic heterocycles. The van der Waals surface area contributed by atoms with Gasteiger partial charge >= 0.3 is 0 Å². The van der Waals surface area contributed by atoms with Crippen molar-refractivity contribution in [2.75, 3.05) is 12.3 Å². The average Bonchev–Trinajstić information content (AvgIpc) is 2.64. The second-order valence-corrected chi connectivity index (χ2v) is 6.42. The van der Waals surface area contributed by atoms with Gasteiger partial charge in [-0.3, -0.25) is 0 Å². The van der Waals surface area contributed by atoms with Crippen LogP contribution >= 0.6 is 11.6 Å². The second kappa shape index (κ2) is 5.00. The van der Waals surface area contributed by atoms with E-state index < -0.39 is 9.92 Å². The molecule has 5 nitrogen and oxygen atoms in total. The Balaban J connectivity index is 2.20. The molecule has 0 amide bonds. The smallest absolute Gasteiger partial charge is 0.215 e. The van der Waals surface area contributed by atoms with E-state index in [1.807, 2.05) is 6.07 Å². The molecule has 1 aliphatic heterocycles. The summed E-state index contributed by atoms with van der Waals surface area (Å²) in [6, 6.07) is 3.52. The Hall–Kier alpha value is -1.16. The maximum atomic E-state index is 12.3. The largest absolute Gasteiger partial charge is 0.244 e. The number of rotatable bonds is 2. The molecule has 90 valence electrons. The van der Waals surface area contributed by atoms with Crippen LogP contribution in [-0.4, -0.2) is 25.8 Å². The van der Waals surface area contributed by atoms with Crippen molar-refractivity contribution in [3.63, 3.8) is 0 Å². The van der Waals surface area contributed by atoms with Gasteiger partial charge in [-0.2, -0.15) is 5.26 Å². The molecule has 7 heteroatoms. The summed E-state index contributed by atoms with van der Waals surface area (Å²) in [6.07, 6.45) is 4.09. The second-order valence-electron chi connectivity index (χ2n) is 3.71. The molecule has 1 fully saturated rings. The van der Waals surface area contributed by atoms with E-state index in [9.17, 15) is 4.21 Å². The molecular formula is C10H11ClN4OS. The molecule has 0 aliphatic carbocycles. The van der Waals surface area contributed by atoms with E-state index in [1.54, 1.807) is 22.8 Å². The summed E-state index contributed by atoms with van der Waals surface area (Å²) in [4.78, 5) is 3.97. The lowest BCUT2D eigenvalue weighted by Crippen LogP contribution is -2.24. The normalized spacial score (nSPS) is 24.5. The number of aromatic nitrogens is 1. The molecule has 0 aromatic carbocycles. The predicted molar refractivity (Wildman–Crippen MR) is 65.3 cm³/mol. The Bertz CT molecular complexity index is 557. The van der Waals surface area contributed by atoms with Crippen molar-refractivity contribution in [2.45, 2.75) is 13.0 Å². The molecule has 1 aliphatic rings. The Morgan fingerprint density at radius 1 is 1.65 bits per heavy atom. The van der Waals surface area contributed by atoms with Crippen LogP contribution in [0.4, 0.5) is 0 Å². The number of nitriles is 1. The fourth-order valence-electron chi connectivity index (χ4n) is 1.75. The zero-order valence-electron chi connectivity index (χ0n) is 9.04. The molecule has 17 heavy (non-hydrogen) atoms. The van der Waals surface area contributed by atoms with E-state index in [2.05, 4.69) is 9.35 Å². The van der Waals surface area contributed by atoms with Crippen LogP contribution in [0.25, 0.3) is 0 Å². The molecule has 1 aromatic rings. The summed E-state index contributed by atoms with van der Waals surface area (Å²) < 4.78 is 17.6. The van der Waals surface area contributed by atoms with Gasteiger partial charge in [0.05, 0.1) is 0 Å². The topological polar surface area (TPSA) is 69.3 Å². The Labute approximate surface area is 105 Å². The summed E-state index contributed by atoms with van der Waals surface area (Å²) in [5.41, 5.74) is 0.914. The van der Waals surface area contributed by atoms with Crippen LogP contribution in [0.15, 0.2) is 22.7 Å². The van der Waals surface area contributed by atoms with Crippen molar-refractivity contribution in [2.24, 2.45) is 4.36 Å². The quantitative estimate of drug-likeness (QED) is 0.608. The van der Waals surface area contributed by atoms with Gasteiger partial charge < -0.3 is 0 Å². The standard InChI is InChI=1S/C10H11ClN4OS/c11-10-3-2-9(6-13-10)7-15-4-1-5-17(15,16)14-8-12/h2-3,6H,1,4-5,7H2. The van der Waals surface area contributed by atoms with Crippen molar-refractivity contribution >= 4 is 21.5 Å². The van der Waals surface area contributed by atoms with Crippen molar-refractivity contribution < 1.29 is 4.21 Å². The third-order valence-electron chi connectivity index (χ3n) is 2.55. The van der Waals surface area contributed by atoms with E-state index >= 15 is 0 Å². The first-order valence-corrected chi connectivity index (χ1v) is 7.14. The summed E-state index contributed by atoms with van der Waals surface area (Å²) in [7, 11) is -2.52. The Morgan fingerprint density at radius 2 is 2.47 bits per heavy atom. The van der Waals surface area contributed by atoms with Gasteiger partial charge in [0.2, 0.25) is 6.19 Å². The van der Waals surface area contributed by atoms with Crippen molar-refractivity contribution in [3.8, 4) is 6.19 Å². The highest BCUT2D eigenvalue weighted by Crippen LogP contribution is 2.19. The number of pyridine rings is 1. The van der Waals surface area contributed by atoms with E-state index in [-0.39, 0.29) is 0 Å². The van der Waals surface area contributed by atoms with E-state index in [0.29, 0.717) is 24.0 Å². The highest BCUT2D eigenvalue weighted by Gasteiger charge is 2.26. The fraction of sp³-hybridized carbons (Fsp3) is 0.400.